The highest BCUT2D eigenvalue weighted by Gasteiger charge is 2.14. The lowest BCUT2D eigenvalue weighted by molar-refractivity contribution is 0.627. The molecule has 0 aliphatic carbocycles. The second kappa shape index (κ2) is 7.85. The first-order valence-electron chi connectivity index (χ1n) is 9.86. The minimum atomic E-state index is -0.224. The molecule has 0 aliphatic rings. The predicted octanol–water partition coefficient (Wildman–Crippen LogP) is 7.08. The second-order valence-electron chi connectivity index (χ2n) is 7.02. The number of aromatic nitrogens is 1. The van der Waals surface area contributed by atoms with Gasteiger partial charge in [0.15, 0.2) is 0 Å². The highest BCUT2D eigenvalue weighted by Crippen LogP contribution is 2.33. The summed E-state index contributed by atoms with van der Waals surface area (Å²) >= 11 is 0. The van der Waals surface area contributed by atoms with E-state index in [9.17, 15) is 4.39 Å². The molecule has 2 heteroatoms. The monoisotopic (exact) mass is 369 g/mol. The average Bonchev–Trinajstić information content (AvgIpc) is 3.19. The Labute approximate surface area is 166 Å². The van der Waals surface area contributed by atoms with Gasteiger partial charge in [-0.05, 0) is 71.5 Å². The molecule has 0 amide bonds. The maximum absolute atomic E-state index is 13.5. The van der Waals surface area contributed by atoms with Crippen LogP contribution in [-0.2, 0) is 12.8 Å². The van der Waals surface area contributed by atoms with Gasteiger partial charge in [-0.2, -0.15) is 0 Å². The maximum Gasteiger partial charge on any atom is 0.123 e. The molecule has 0 N–H and O–H groups in total. The standard InChI is InChI=1S/C26H24FN/c1-3-19-5-9-21(10-6-19)25-17-18-26(22-11-7-20(4-2)8-12-22)28(25)24-15-13-23(27)14-16-24/h5-18H,3-4H2,1-2H3. The van der Waals surface area contributed by atoms with Gasteiger partial charge in [0.05, 0.1) is 11.4 Å². The van der Waals surface area contributed by atoms with E-state index in [0.717, 1.165) is 41.0 Å². The maximum atomic E-state index is 13.5. The molecule has 28 heavy (non-hydrogen) atoms. The number of halogens is 1. The van der Waals surface area contributed by atoms with Gasteiger partial charge in [-0.15, -0.1) is 0 Å². The third-order valence-electron chi connectivity index (χ3n) is 5.28. The minimum absolute atomic E-state index is 0.224. The van der Waals surface area contributed by atoms with Crippen molar-refractivity contribution >= 4 is 0 Å². The molecular formula is C26H24FN. The first-order valence-corrected chi connectivity index (χ1v) is 9.86. The van der Waals surface area contributed by atoms with Crippen molar-refractivity contribution in [3.63, 3.8) is 0 Å². The van der Waals surface area contributed by atoms with E-state index in [-0.39, 0.29) is 5.82 Å². The Balaban J connectivity index is 1.88. The summed E-state index contributed by atoms with van der Waals surface area (Å²) in [5, 5.41) is 0. The van der Waals surface area contributed by atoms with Gasteiger partial charge in [0.2, 0.25) is 0 Å². The zero-order valence-electron chi connectivity index (χ0n) is 16.3. The average molecular weight is 369 g/mol. The fourth-order valence-corrected chi connectivity index (χ4v) is 3.58. The Bertz CT molecular complexity index is 990. The lowest BCUT2D eigenvalue weighted by Gasteiger charge is -2.15. The first-order chi connectivity index (χ1) is 13.7. The summed E-state index contributed by atoms with van der Waals surface area (Å²) in [5.41, 5.74) is 8.09. The lowest BCUT2D eigenvalue weighted by Crippen LogP contribution is -2.00. The van der Waals surface area contributed by atoms with Gasteiger partial charge >= 0.3 is 0 Å². The van der Waals surface area contributed by atoms with Crippen molar-refractivity contribution in [1.82, 2.24) is 4.57 Å². The van der Waals surface area contributed by atoms with Gasteiger partial charge in [-0.3, -0.25) is 0 Å². The smallest absolute Gasteiger partial charge is 0.123 e. The van der Waals surface area contributed by atoms with Crippen LogP contribution in [0, 0.1) is 5.82 Å². The molecule has 1 heterocycles. The van der Waals surface area contributed by atoms with Gasteiger partial charge < -0.3 is 4.57 Å². The highest BCUT2D eigenvalue weighted by molar-refractivity contribution is 5.73. The summed E-state index contributed by atoms with van der Waals surface area (Å²) in [7, 11) is 0. The second-order valence-corrected chi connectivity index (χ2v) is 7.02. The molecule has 4 rings (SSSR count). The van der Waals surface area contributed by atoms with E-state index in [0.29, 0.717) is 0 Å². The molecule has 140 valence electrons. The quantitative estimate of drug-likeness (QED) is 0.354. The van der Waals surface area contributed by atoms with E-state index in [2.05, 4.69) is 79.1 Å². The first kappa shape index (κ1) is 18.2. The van der Waals surface area contributed by atoms with E-state index in [1.54, 1.807) is 0 Å². The van der Waals surface area contributed by atoms with Crippen LogP contribution in [-0.4, -0.2) is 4.57 Å². The van der Waals surface area contributed by atoms with E-state index >= 15 is 0 Å². The molecule has 0 saturated heterocycles. The van der Waals surface area contributed by atoms with Crippen LogP contribution in [0.4, 0.5) is 4.39 Å². The fourth-order valence-electron chi connectivity index (χ4n) is 3.58. The zero-order chi connectivity index (χ0) is 19.5. The van der Waals surface area contributed by atoms with Crippen LogP contribution in [0.25, 0.3) is 28.2 Å². The number of hydrogen-bond acceptors (Lipinski definition) is 0. The number of rotatable bonds is 5. The molecule has 1 nitrogen and oxygen atoms in total. The molecule has 0 unspecified atom stereocenters. The molecule has 4 aromatic rings. The lowest BCUT2D eigenvalue weighted by atomic mass is 10.1. The molecule has 0 atom stereocenters. The molecule has 0 radical (unpaired) electrons. The van der Waals surface area contributed by atoms with Crippen molar-refractivity contribution in [3.8, 4) is 28.2 Å². The molecule has 0 spiro atoms. The van der Waals surface area contributed by atoms with Crippen molar-refractivity contribution in [2.24, 2.45) is 0 Å². The van der Waals surface area contributed by atoms with Gasteiger partial charge in [0, 0.05) is 5.69 Å². The summed E-state index contributed by atoms with van der Waals surface area (Å²) in [5.74, 6) is -0.224. The van der Waals surface area contributed by atoms with Crippen LogP contribution in [0.1, 0.15) is 25.0 Å². The van der Waals surface area contributed by atoms with Crippen LogP contribution in [0.15, 0.2) is 84.9 Å². The molecule has 0 saturated carbocycles. The largest absolute Gasteiger partial charge is 0.309 e. The normalized spacial score (nSPS) is 11.0. The van der Waals surface area contributed by atoms with Crippen molar-refractivity contribution in [1.29, 1.82) is 0 Å². The van der Waals surface area contributed by atoms with E-state index in [1.807, 2.05) is 12.1 Å². The van der Waals surface area contributed by atoms with Crippen LogP contribution in [0.5, 0.6) is 0 Å². The van der Waals surface area contributed by atoms with Crippen LogP contribution in [0.2, 0.25) is 0 Å². The molecule has 0 aliphatic heterocycles. The molecule has 3 aromatic carbocycles. The Morgan fingerprint density at radius 1 is 0.571 bits per heavy atom. The summed E-state index contributed by atoms with van der Waals surface area (Å²) < 4.78 is 15.7. The van der Waals surface area contributed by atoms with Crippen molar-refractivity contribution in [3.05, 3.63) is 102 Å². The minimum Gasteiger partial charge on any atom is -0.309 e. The Morgan fingerprint density at radius 3 is 1.39 bits per heavy atom. The Hall–Kier alpha value is -3.13. The third kappa shape index (κ3) is 3.50. The number of benzene rings is 3. The van der Waals surface area contributed by atoms with Crippen LogP contribution >= 0.6 is 0 Å². The van der Waals surface area contributed by atoms with Crippen LogP contribution < -0.4 is 0 Å². The molecule has 1 aromatic heterocycles. The molecule has 0 bridgehead atoms. The summed E-state index contributed by atoms with van der Waals surface area (Å²) in [6.45, 7) is 4.32. The molecule has 0 fully saturated rings. The number of nitrogens with zero attached hydrogens (tertiary/aromatic N) is 1. The summed E-state index contributed by atoms with van der Waals surface area (Å²) in [6.07, 6.45) is 2.04. The summed E-state index contributed by atoms with van der Waals surface area (Å²) in [6, 6.07) is 28.4. The summed E-state index contributed by atoms with van der Waals surface area (Å²) in [4.78, 5) is 0. The van der Waals surface area contributed by atoms with Crippen molar-refractivity contribution in [2.75, 3.05) is 0 Å². The third-order valence-corrected chi connectivity index (χ3v) is 5.28. The highest BCUT2D eigenvalue weighted by atomic mass is 19.1. The van der Waals surface area contributed by atoms with Crippen molar-refractivity contribution in [2.45, 2.75) is 26.7 Å². The van der Waals surface area contributed by atoms with Gasteiger partial charge in [0.1, 0.15) is 5.82 Å². The predicted molar refractivity (Wildman–Crippen MR) is 115 cm³/mol. The van der Waals surface area contributed by atoms with E-state index in [1.165, 1.54) is 23.3 Å². The van der Waals surface area contributed by atoms with Crippen molar-refractivity contribution < 1.29 is 4.39 Å². The van der Waals surface area contributed by atoms with E-state index < -0.39 is 0 Å². The number of aryl methyl sites for hydroxylation is 2. The fraction of sp³-hybridized carbons (Fsp3) is 0.154. The van der Waals surface area contributed by atoms with Gasteiger partial charge in [-0.25, -0.2) is 4.39 Å². The number of hydrogen-bond donors (Lipinski definition) is 0. The van der Waals surface area contributed by atoms with Crippen LogP contribution in [0.3, 0.4) is 0 Å². The topological polar surface area (TPSA) is 4.93 Å². The van der Waals surface area contributed by atoms with Gasteiger partial charge in [-0.1, -0.05) is 62.4 Å². The van der Waals surface area contributed by atoms with E-state index in [4.69, 9.17) is 0 Å². The Morgan fingerprint density at radius 2 is 1.00 bits per heavy atom. The van der Waals surface area contributed by atoms with Gasteiger partial charge in [0.25, 0.3) is 0 Å². The molecular weight excluding hydrogens is 345 g/mol. The Kier molecular flexibility index (Phi) is 5.12. The SMILES string of the molecule is CCc1ccc(-c2ccc(-c3ccc(CC)cc3)n2-c2ccc(F)cc2)cc1. The zero-order valence-corrected chi connectivity index (χ0v) is 16.3.